The molecule has 1 aromatic rings. The number of benzene rings is 1. The first kappa shape index (κ1) is 20.6. The highest BCUT2D eigenvalue weighted by molar-refractivity contribution is 6.04. The normalized spacial score (nSPS) is 25.9. The molecule has 0 saturated heterocycles. The Hall–Kier alpha value is -3.31. The minimum atomic E-state index is -3.79. The number of hydrogen-bond acceptors (Lipinski definition) is 7. The number of ether oxygens (including phenoxy) is 2. The molecule has 0 radical (unpaired) electrons. The second-order valence-corrected chi connectivity index (χ2v) is 7.90. The Bertz CT molecular complexity index is 1050. The molecule has 1 amide bonds. The zero-order chi connectivity index (χ0) is 22.7. The number of hydrogen-bond donors (Lipinski definition) is 1. The zero-order valence-corrected chi connectivity index (χ0v) is 16.9. The number of amides is 1. The molecule has 5 rings (SSSR count). The number of fused-ring (bicyclic) bond motifs is 1. The number of nitrogens with zero attached hydrogens (tertiary/aromatic N) is 4. The first-order chi connectivity index (χ1) is 15.2. The van der Waals surface area contributed by atoms with E-state index in [4.69, 9.17) is 0 Å². The average molecular weight is 453 g/mol. The minimum absolute atomic E-state index is 0.0994. The molecule has 1 saturated carbocycles. The summed E-state index contributed by atoms with van der Waals surface area (Å²) in [6, 6.07) is 4.28. The number of rotatable bonds is 3. The van der Waals surface area contributed by atoms with E-state index in [0.29, 0.717) is 6.21 Å². The lowest BCUT2D eigenvalue weighted by Gasteiger charge is -2.40. The van der Waals surface area contributed by atoms with E-state index >= 15 is 0 Å². The van der Waals surface area contributed by atoms with E-state index in [2.05, 4.69) is 24.8 Å². The number of aliphatic imine (C=N–C) groups is 2. The highest BCUT2D eigenvalue weighted by Gasteiger charge is 2.47. The lowest BCUT2D eigenvalue weighted by Crippen LogP contribution is -2.48. The van der Waals surface area contributed by atoms with Crippen LogP contribution in [0.3, 0.4) is 0 Å². The van der Waals surface area contributed by atoms with E-state index in [1.165, 1.54) is 31.5 Å². The molecule has 0 aromatic heterocycles. The lowest BCUT2D eigenvalue weighted by atomic mass is 10.2. The monoisotopic (exact) mass is 453 g/mol. The van der Waals surface area contributed by atoms with Crippen LogP contribution in [-0.4, -0.2) is 59.7 Å². The van der Waals surface area contributed by atoms with Crippen molar-refractivity contribution in [1.82, 2.24) is 9.80 Å². The summed E-state index contributed by atoms with van der Waals surface area (Å²) in [6.07, 6.45) is 0.355. The fourth-order valence-corrected chi connectivity index (χ4v) is 4.30. The van der Waals surface area contributed by atoms with Crippen molar-refractivity contribution in [2.75, 3.05) is 12.4 Å². The fraction of sp³-hybridized carbons (Fsp3) is 0.450. The van der Waals surface area contributed by atoms with Gasteiger partial charge in [0.25, 0.3) is 0 Å². The summed E-state index contributed by atoms with van der Waals surface area (Å²) >= 11 is 0. The van der Waals surface area contributed by atoms with Crippen molar-refractivity contribution >= 4 is 24.0 Å². The molecule has 0 spiro atoms. The van der Waals surface area contributed by atoms with Gasteiger partial charge in [0.1, 0.15) is 5.70 Å². The van der Waals surface area contributed by atoms with Gasteiger partial charge in [-0.2, -0.15) is 8.78 Å². The van der Waals surface area contributed by atoms with Crippen LogP contribution in [0.2, 0.25) is 0 Å². The molecule has 32 heavy (non-hydrogen) atoms. The number of alkyl halides is 4. The molecule has 8 nitrogen and oxygen atoms in total. The van der Waals surface area contributed by atoms with Gasteiger partial charge in [-0.15, -0.1) is 8.78 Å². The number of carbonyl (C=O) groups excluding carboxylic acids is 1. The summed E-state index contributed by atoms with van der Waals surface area (Å²) < 4.78 is 64.6. The smallest absolute Gasteiger partial charge is 0.395 e. The van der Waals surface area contributed by atoms with Crippen molar-refractivity contribution in [2.45, 2.75) is 50.2 Å². The number of halogens is 4. The average Bonchev–Trinajstić information content (AvgIpc) is 3.36. The summed E-state index contributed by atoms with van der Waals surface area (Å²) in [7, 11) is 1.24. The summed E-state index contributed by atoms with van der Waals surface area (Å²) in [5.74, 6) is -5.33. The van der Waals surface area contributed by atoms with Crippen molar-refractivity contribution in [3.05, 3.63) is 29.7 Å². The van der Waals surface area contributed by atoms with Gasteiger partial charge in [0, 0.05) is 13.1 Å². The van der Waals surface area contributed by atoms with Crippen LogP contribution in [0.25, 0.3) is 0 Å². The lowest BCUT2D eigenvalue weighted by molar-refractivity contribution is -0.286. The van der Waals surface area contributed by atoms with E-state index in [1.54, 1.807) is 4.90 Å². The standard InChI is InChI=1S/C20H19F4N5O3/c1-28-13-9-25-18(27-12-7-4-8-14-15(12)32-20(23,24)31-14)29(11-5-2-3-6-11)16(13)26-10-19(21,22)17(28)30/h4,7-11,18,27H,2-3,5-6H2,1H3. The molecule has 1 fully saturated rings. The molecule has 3 aliphatic heterocycles. The van der Waals surface area contributed by atoms with Crippen LogP contribution < -0.4 is 14.8 Å². The molecule has 1 unspecified atom stereocenters. The third-order valence-electron chi connectivity index (χ3n) is 5.81. The maximum atomic E-state index is 14.2. The molecular formula is C20H19F4N5O3. The van der Waals surface area contributed by atoms with Crippen molar-refractivity contribution in [1.29, 1.82) is 0 Å². The Labute approximate surface area is 180 Å². The summed E-state index contributed by atoms with van der Waals surface area (Å²) in [6.45, 7) is 0. The third kappa shape index (κ3) is 3.33. The van der Waals surface area contributed by atoms with E-state index in [1.807, 2.05) is 0 Å². The maximum absolute atomic E-state index is 14.2. The summed E-state index contributed by atoms with van der Waals surface area (Å²) in [5.41, 5.74) is 0.332. The SMILES string of the molecule is CN1C(=O)C(F)(F)C=NC2=C1C=NC(Nc1cccc3c1OC(F)(F)O3)N2C1CCCC1. The van der Waals surface area contributed by atoms with Crippen LogP contribution in [0.4, 0.5) is 23.2 Å². The number of allylic oxidation sites excluding steroid dienone is 1. The van der Waals surface area contributed by atoms with Crippen molar-refractivity contribution < 1.29 is 31.8 Å². The Morgan fingerprint density at radius 2 is 1.91 bits per heavy atom. The van der Waals surface area contributed by atoms with E-state index in [0.717, 1.165) is 30.6 Å². The van der Waals surface area contributed by atoms with E-state index < -0.39 is 24.4 Å². The molecule has 170 valence electrons. The fourth-order valence-electron chi connectivity index (χ4n) is 4.30. The second kappa shape index (κ2) is 7.10. The third-order valence-corrected chi connectivity index (χ3v) is 5.81. The molecular weight excluding hydrogens is 434 g/mol. The molecule has 12 heteroatoms. The van der Waals surface area contributed by atoms with Crippen molar-refractivity contribution in [3.63, 3.8) is 0 Å². The van der Waals surface area contributed by atoms with Crippen LogP contribution >= 0.6 is 0 Å². The number of carbonyl (C=O) groups is 1. The molecule has 1 aromatic carbocycles. The maximum Gasteiger partial charge on any atom is 0.586 e. The van der Waals surface area contributed by atoms with Crippen LogP contribution in [0.1, 0.15) is 25.7 Å². The zero-order valence-electron chi connectivity index (χ0n) is 16.9. The van der Waals surface area contributed by atoms with Crippen LogP contribution in [0, 0.1) is 0 Å². The van der Waals surface area contributed by atoms with E-state index in [-0.39, 0.29) is 34.7 Å². The largest absolute Gasteiger partial charge is 0.586 e. The molecule has 1 atom stereocenters. The second-order valence-electron chi connectivity index (χ2n) is 7.90. The highest BCUT2D eigenvalue weighted by Crippen LogP contribution is 2.46. The molecule has 1 aliphatic carbocycles. The first-order valence-corrected chi connectivity index (χ1v) is 10.1. The van der Waals surface area contributed by atoms with Crippen LogP contribution in [0.5, 0.6) is 11.5 Å². The van der Waals surface area contributed by atoms with Gasteiger partial charge in [-0.1, -0.05) is 18.9 Å². The molecule has 4 aliphatic rings. The Balaban J connectivity index is 1.53. The highest BCUT2D eigenvalue weighted by atomic mass is 19.3. The van der Waals surface area contributed by atoms with Crippen molar-refractivity contribution in [2.24, 2.45) is 9.98 Å². The van der Waals surface area contributed by atoms with Gasteiger partial charge in [0.15, 0.2) is 23.6 Å². The Morgan fingerprint density at radius 3 is 2.66 bits per heavy atom. The summed E-state index contributed by atoms with van der Waals surface area (Å²) in [4.78, 5) is 23.1. The van der Waals surface area contributed by atoms with Gasteiger partial charge in [-0.25, -0.2) is 9.98 Å². The van der Waals surface area contributed by atoms with Gasteiger partial charge >= 0.3 is 18.1 Å². The van der Waals surface area contributed by atoms with Gasteiger partial charge < -0.3 is 24.6 Å². The number of para-hydroxylation sites is 1. The number of nitrogens with one attached hydrogen (secondary N) is 1. The summed E-state index contributed by atoms with van der Waals surface area (Å²) in [5, 5.41) is 3.04. The van der Waals surface area contributed by atoms with Gasteiger partial charge in [-0.05, 0) is 25.0 Å². The van der Waals surface area contributed by atoms with Gasteiger partial charge in [0.2, 0.25) is 0 Å². The van der Waals surface area contributed by atoms with Gasteiger partial charge in [0.05, 0.1) is 18.1 Å². The molecule has 1 N–H and O–H groups in total. The van der Waals surface area contributed by atoms with Crippen LogP contribution in [0.15, 0.2) is 39.7 Å². The van der Waals surface area contributed by atoms with E-state index in [9.17, 15) is 22.4 Å². The van der Waals surface area contributed by atoms with Crippen LogP contribution in [-0.2, 0) is 4.79 Å². The van der Waals surface area contributed by atoms with Crippen molar-refractivity contribution in [3.8, 4) is 11.5 Å². The van der Waals surface area contributed by atoms with Gasteiger partial charge in [-0.3, -0.25) is 4.79 Å². The first-order valence-electron chi connectivity index (χ1n) is 10.1. The Morgan fingerprint density at radius 1 is 1.16 bits per heavy atom. The molecule has 0 bridgehead atoms. The minimum Gasteiger partial charge on any atom is -0.395 e. The topological polar surface area (TPSA) is 78.8 Å². The Kier molecular flexibility index (Phi) is 4.57. The quantitative estimate of drug-likeness (QED) is 0.710. The predicted molar refractivity (Wildman–Crippen MR) is 106 cm³/mol. The predicted octanol–water partition coefficient (Wildman–Crippen LogP) is 3.38. The number of anilines is 1. The molecule has 3 heterocycles.